The van der Waals surface area contributed by atoms with E-state index in [0.717, 1.165) is 6.04 Å². The van der Waals surface area contributed by atoms with Crippen molar-refractivity contribution in [2.24, 2.45) is 5.41 Å². The first-order valence-corrected chi connectivity index (χ1v) is 3.52. The summed E-state index contributed by atoms with van der Waals surface area (Å²) in [6.07, 6.45) is 4.33. The second-order valence-corrected chi connectivity index (χ2v) is 3.63. The van der Waals surface area contributed by atoms with Gasteiger partial charge in [-0.05, 0) is 24.7 Å². The van der Waals surface area contributed by atoms with Crippen LogP contribution in [0.4, 0.5) is 0 Å². The van der Waals surface area contributed by atoms with Crippen LogP contribution in [0.25, 0.3) is 0 Å². The number of fused-ring (bicyclic) bond motifs is 2. The summed E-state index contributed by atoms with van der Waals surface area (Å²) in [6, 6.07) is 0.889. The first-order valence-electron chi connectivity index (χ1n) is 3.52. The summed E-state index contributed by atoms with van der Waals surface area (Å²) in [5.41, 5.74) is 0.699. The van der Waals surface area contributed by atoms with Crippen LogP contribution in [0.3, 0.4) is 0 Å². The molecular weight excluding hydrogens is 98.1 g/mol. The van der Waals surface area contributed by atoms with Gasteiger partial charge in [0.25, 0.3) is 0 Å². The third-order valence-electron chi connectivity index (χ3n) is 2.65. The second kappa shape index (κ2) is 1.27. The Morgan fingerprint density at radius 2 is 2.50 bits per heavy atom. The molecule has 0 amide bonds. The minimum absolute atomic E-state index is 0.699. The van der Waals surface area contributed by atoms with Gasteiger partial charge in [-0.1, -0.05) is 6.92 Å². The molecule has 2 bridgehead atoms. The Labute approximate surface area is 50.5 Å². The molecular formula is C7H13N. The summed E-state index contributed by atoms with van der Waals surface area (Å²) >= 11 is 0. The standard InChI is InChI=1S/C7H13N/c1-7-3-2-6(4-7)8-5-7/h6,8H,2-5H2,1H3. The highest BCUT2D eigenvalue weighted by molar-refractivity contribution is 4.97. The predicted octanol–water partition coefficient (Wildman–Crippen LogP) is 1.15. The van der Waals surface area contributed by atoms with Gasteiger partial charge in [-0.15, -0.1) is 0 Å². The van der Waals surface area contributed by atoms with Gasteiger partial charge in [0.2, 0.25) is 0 Å². The molecule has 1 heterocycles. The van der Waals surface area contributed by atoms with Crippen molar-refractivity contribution in [2.45, 2.75) is 32.2 Å². The summed E-state index contributed by atoms with van der Waals surface area (Å²) in [5.74, 6) is 0. The molecule has 2 fully saturated rings. The summed E-state index contributed by atoms with van der Waals surface area (Å²) in [7, 11) is 0. The van der Waals surface area contributed by atoms with Gasteiger partial charge in [0.05, 0.1) is 0 Å². The van der Waals surface area contributed by atoms with Gasteiger partial charge in [0, 0.05) is 12.6 Å². The van der Waals surface area contributed by atoms with E-state index in [1.54, 1.807) is 0 Å². The van der Waals surface area contributed by atoms with E-state index in [1.807, 2.05) is 0 Å². The normalized spacial score (nSPS) is 52.9. The predicted molar refractivity (Wildman–Crippen MR) is 33.7 cm³/mol. The van der Waals surface area contributed by atoms with Gasteiger partial charge >= 0.3 is 0 Å². The molecule has 0 aromatic carbocycles. The van der Waals surface area contributed by atoms with Crippen LogP contribution in [-0.4, -0.2) is 12.6 Å². The number of piperidine rings is 1. The summed E-state index contributed by atoms with van der Waals surface area (Å²) < 4.78 is 0. The average molecular weight is 111 g/mol. The van der Waals surface area contributed by atoms with Crippen molar-refractivity contribution in [3.8, 4) is 0 Å². The molecule has 0 radical (unpaired) electrons. The number of rotatable bonds is 0. The highest BCUT2D eigenvalue weighted by Crippen LogP contribution is 2.41. The zero-order valence-corrected chi connectivity index (χ0v) is 5.41. The number of nitrogens with one attached hydrogen (secondary N) is 1. The molecule has 0 spiro atoms. The summed E-state index contributed by atoms with van der Waals surface area (Å²) in [4.78, 5) is 0. The molecule has 1 saturated carbocycles. The van der Waals surface area contributed by atoms with E-state index in [9.17, 15) is 0 Å². The third kappa shape index (κ3) is 0.510. The maximum Gasteiger partial charge on any atom is 0.00731 e. The lowest BCUT2D eigenvalue weighted by Gasteiger charge is -2.19. The Balaban J connectivity index is 2.19. The molecule has 8 heavy (non-hydrogen) atoms. The lowest BCUT2D eigenvalue weighted by Crippen LogP contribution is -2.27. The summed E-state index contributed by atoms with van der Waals surface area (Å²) in [6.45, 7) is 3.67. The van der Waals surface area contributed by atoms with Crippen molar-refractivity contribution in [2.75, 3.05) is 6.54 Å². The molecule has 0 aromatic rings. The largest absolute Gasteiger partial charge is 0.313 e. The topological polar surface area (TPSA) is 12.0 Å². The van der Waals surface area contributed by atoms with Crippen LogP contribution >= 0.6 is 0 Å². The molecule has 1 aliphatic heterocycles. The fraction of sp³-hybridized carbons (Fsp3) is 1.00. The van der Waals surface area contributed by atoms with Gasteiger partial charge in [-0.2, -0.15) is 0 Å². The van der Waals surface area contributed by atoms with E-state index >= 15 is 0 Å². The Morgan fingerprint density at radius 3 is 2.62 bits per heavy atom. The average Bonchev–Trinajstić information content (AvgIpc) is 2.21. The van der Waals surface area contributed by atoms with E-state index < -0.39 is 0 Å². The summed E-state index contributed by atoms with van der Waals surface area (Å²) in [5, 5.41) is 3.50. The number of hydrogen-bond acceptors (Lipinski definition) is 1. The van der Waals surface area contributed by atoms with Crippen molar-refractivity contribution in [3.05, 3.63) is 0 Å². The minimum Gasteiger partial charge on any atom is -0.313 e. The molecule has 2 unspecified atom stereocenters. The van der Waals surface area contributed by atoms with E-state index in [0.29, 0.717) is 5.41 Å². The van der Waals surface area contributed by atoms with E-state index in [2.05, 4.69) is 12.2 Å². The smallest absolute Gasteiger partial charge is 0.00731 e. The van der Waals surface area contributed by atoms with Crippen molar-refractivity contribution >= 4 is 0 Å². The highest BCUT2D eigenvalue weighted by Gasteiger charge is 2.40. The first-order chi connectivity index (χ1) is 3.79. The van der Waals surface area contributed by atoms with Crippen molar-refractivity contribution in [1.82, 2.24) is 5.32 Å². The minimum atomic E-state index is 0.699. The van der Waals surface area contributed by atoms with E-state index in [1.165, 1.54) is 25.8 Å². The molecule has 46 valence electrons. The van der Waals surface area contributed by atoms with Crippen molar-refractivity contribution in [1.29, 1.82) is 0 Å². The lowest BCUT2D eigenvalue weighted by atomic mass is 9.91. The maximum absolute atomic E-state index is 3.50. The van der Waals surface area contributed by atoms with Gasteiger partial charge < -0.3 is 5.32 Å². The second-order valence-electron chi connectivity index (χ2n) is 3.63. The Bertz CT molecular complexity index is 101. The van der Waals surface area contributed by atoms with E-state index in [4.69, 9.17) is 0 Å². The maximum atomic E-state index is 3.50. The Kier molecular flexibility index (Phi) is 0.762. The van der Waals surface area contributed by atoms with Crippen LogP contribution in [0.15, 0.2) is 0 Å². The molecule has 1 saturated heterocycles. The van der Waals surface area contributed by atoms with Crippen LogP contribution < -0.4 is 5.32 Å². The molecule has 2 aliphatic rings. The Morgan fingerprint density at radius 1 is 1.62 bits per heavy atom. The molecule has 2 rings (SSSR count). The van der Waals surface area contributed by atoms with Crippen molar-refractivity contribution < 1.29 is 0 Å². The lowest BCUT2D eigenvalue weighted by molar-refractivity contribution is 0.353. The molecule has 1 N–H and O–H groups in total. The zero-order chi connectivity index (χ0) is 5.61. The fourth-order valence-corrected chi connectivity index (χ4v) is 2.05. The molecule has 2 atom stereocenters. The molecule has 1 heteroatoms. The third-order valence-corrected chi connectivity index (χ3v) is 2.65. The van der Waals surface area contributed by atoms with Crippen LogP contribution in [0.2, 0.25) is 0 Å². The van der Waals surface area contributed by atoms with Gasteiger partial charge in [0.15, 0.2) is 0 Å². The zero-order valence-electron chi connectivity index (χ0n) is 5.41. The van der Waals surface area contributed by atoms with Crippen molar-refractivity contribution in [3.63, 3.8) is 0 Å². The highest BCUT2D eigenvalue weighted by atomic mass is 15.0. The van der Waals surface area contributed by atoms with E-state index in [-0.39, 0.29) is 0 Å². The van der Waals surface area contributed by atoms with Crippen LogP contribution in [0.1, 0.15) is 26.2 Å². The molecule has 1 aliphatic carbocycles. The van der Waals surface area contributed by atoms with Gasteiger partial charge in [-0.25, -0.2) is 0 Å². The Hall–Kier alpha value is -0.0400. The van der Waals surface area contributed by atoms with Crippen LogP contribution in [0, 0.1) is 5.41 Å². The SMILES string of the molecule is CC12CCC(C1)NC2. The van der Waals surface area contributed by atoms with Crippen LogP contribution in [-0.2, 0) is 0 Å². The first kappa shape index (κ1) is 4.80. The quantitative estimate of drug-likeness (QED) is 0.494. The van der Waals surface area contributed by atoms with Crippen LogP contribution in [0.5, 0.6) is 0 Å². The fourth-order valence-electron chi connectivity index (χ4n) is 2.05. The number of hydrogen-bond donors (Lipinski definition) is 1. The molecule has 0 aromatic heterocycles. The monoisotopic (exact) mass is 111 g/mol. The van der Waals surface area contributed by atoms with Gasteiger partial charge in [-0.3, -0.25) is 0 Å². The van der Waals surface area contributed by atoms with Gasteiger partial charge in [0.1, 0.15) is 0 Å². The molecule has 1 nitrogen and oxygen atoms in total.